The van der Waals surface area contributed by atoms with Crippen LogP contribution in [-0.2, 0) is 5.54 Å². The van der Waals surface area contributed by atoms with Gasteiger partial charge in [0.2, 0.25) is 0 Å². The number of fused-ring (bicyclic) bond motifs is 1. The largest absolute Gasteiger partial charge is 0.497 e. The molecule has 0 saturated heterocycles. The van der Waals surface area contributed by atoms with Crippen LogP contribution in [0.5, 0.6) is 17.2 Å². The number of nitrogens with two attached hydrogens (primary N) is 1. The van der Waals surface area contributed by atoms with Gasteiger partial charge in [0.1, 0.15) is 19.0 Å². The Morgan fingerprint density at radius 3 is 2.24 bits per heavy atom. The summed E-state index contributed by atoms with van der Waals surface area (Å²) in [5, 5.41) is 0. The predicted octanol–water partition coefficient (Wildman–Crippen LogP) is 2.69. The minimum atomic E-state index is -0.609. The molecule has 0 radical (unpaired) electrons. The van der Waals surface area contributed by atoms with Crippen LogP contribution >= 0.6 is 0 Å². The molecule has 4 nitrogen and oxygen atoms in total. The molecule has 110 valence electrons. The Bertz CT molecular complexity index is 635. The fraction of sp³-hybridized carbons (Fsp3) is 0.294. The lowest BCUT2D eigenvalue weighted by Gasteiger charge is -2.28. The first-order valence-electron chi connectivity index (χ1n) is 6.95. The number of hydrogen-bond acceptors (Lipinski definition) is 4. The summed E-state index contributed by atoms with van der Waals surface area (Å²) < 4.78 is 16.4. The molecule has 0 aromatic heterocycles. The van der Waals surface area contributed by atoms with Crippen LogP contribution in [0.1, 0.15) is 18.1 Å². The van der Waals surface area contributed by atoms with Crippen molar-refractivity contribution in [2.45, 2.75) is 12.5 Å². The van der Waals surface area contributed by atoms with E-state index in [0.717, 1.165) is 28.4 Å². The zero-order valence-electron chi connectivity index (χ0n) is 12.3. The summed E-state index contributed by atoms with van der Waals surface area (Å²) in [6, 6.07) is 13.6. The summed E-state index contributed by atoms with van der Waals surface area (Å²) in [6.07, 6.45) is 0. The molecule has 0 aliphatic carbocycles. The van der Waals surface area contributed by atoms with Crippen LogP contribution < -0.4 is 19.9 Å². The molecule has 4 heteroatoms. The molecule has 0 saturated carbocycles. The minimum Gasteiger partial charge on any atom is -0.497 e. The Kier molecular flexibility index (Phi) is 3.47. The van der Waals surface area contributed by atoms with Crippen LogP contribution in [0.4, 0.5) is 0 Å². The summed E-state index contributed by atoms with van der Waals surface area (Å²) in [5.74, 6) is 2.34. The number of rotatable bonds is 3. The van der Waals surface area contributed by atoms with E-state index in [2.05, 4.69) is 0 Å². The standard InChI is InChI=1S/C17H19NO3/c1-17(18,12-3-6-14(19-2)7-4-12)13-5-8-15-16(11-13)21-10-9-20-15/h3-8,11H,9-10,18H2,1-2H3. The molecular weight excluding hydrogens is 266 g/mol. The van der Waals surface area contributed by atoms with Crippen LogP contribution in [0.15, 0.2) is 42.5 Å². The first-order valence-corrected chi connectivity index (χ1v) is 6.95. The summed E-state index contributed by atoms with van der Waals surface area (Å²) in [7, 11) is 1.65. The third-order valence-electron chi connectivity index (χ3n) is 3.83. The highest BCUT2D eigenvalue weighted by Gasteiger charge is 2.26. The summed E-state index contributed by atoms with van der Waals surface area (Å²) >= 11 is 0. The summed E-state index contributed by atoms with van der Waals surface area (Å²) in [4.78, 5) is 0. The highest BCUT2D eigenvalue weighted by Crippen LogP contribution is 2.36. The molecule has 1 aliphatic heterocycles. The smallest absolute Gasteiger partial charge is 0.161 e. The van der Waals surface area contributed by atoms with Gasteiger partial charge in [-0.05, 0) is 42.3 Å². The molecule has 1 unspecified atom stereocenters. The van der Waals surface area contributed by atoms with E-state index in [-0.39, 0.29) is 0 Å². The van der Waals surface area contributed by atoms with Gasteiger partial charge < -0.3 is 19.9 Å². The van der Waals surface area contributed by atoms with E-state index in [1.807, 2.05) is 49.4 Å². The summed E-state index contributed by atoms with van der Waals surface area (Å²) in [6.45, 7) is 3.14. The maximum atomic E-state index is 6.55. The maximum absolute atomic E-state index is 6.55. The van der Waals surface area contributed by atoms with Crippen LogP contribution in [0.3, 0.4) is 0 Å². The van der Waals surface area contributed by atoms with Crippen molar-refractivity contribution in [3.05, 3.63) is 53.6 Å². The molecule has 0 amide bonds. The van der Waals surface area contributed by atoms with Gasteiger partial charge in [-0.3, -0.25) is 0 Å². The van der Waals surface area contributed by atoms with Gasteiger partial charge in [-0.2, -0.15) is 0 Å². The fourth-order valence-corrected chi connectivity index (χ4v) is 2.47. The van der Waals surface area contributed by atoms with Gasteiger partial charge in [0.15, 0.2) is 11.5 Å². The van der Waals surface area contributed by atoms with Crippen molar-refractivity contribution >= 4 is 0 Å². The summed E-state index contributed by atoms with van der Waals surface area (Å²) in [5.41, 5.74) is 7.93. The molecule has 3 rings (SSSR count). The Morgan fingerprint density at radius 2 is 1.57 bits per heavy atom. The zero-order valence-corrected chi connectivity index (χ0v) is 12.3. The van der Waals surface area contributed by atoms with Crippen LogP contribution in [0.25, 0.3) is 0 Å². The van der Waals surface area contributed by atoms with Crippen LogP contribution in [0, 0.1) is 0 Å². The van der Waals surface area contributed by atoms with Gasteiger partial charge in [0, 0.05) is 0 Å². The van der Waals surface area contributed by atoms with E-state index in [1.54, 1.807) is 7.11 Å². The van der Waals surface area contributed by atoms with Crippen molar-refractivity contribution in [2.75, 3.05) is 20.3 Å². The molecule has 0 fully saturated rings. The molecule has 2 aromatic carbocycles. The Balaban J connectivity index is 1.96. The van der Waals surface area contributed by atoms with Crippen molar-refractivity contribution < 1.29 is 14.2 Å². The SMILES string of the molecule is COc1ccc(C(C)(N)c2ccc3c(c2)OCCO3)cc1. The zero-order chi connectivity index (χ0) is 14.9. The van der Waals surface area contributed by atoms with E-state index in [1.165, 1.54) is 0 Å². The average molecular weight is 285 g/mol. The Morgan fingerprint density at radius 1 is 0.952 bits per heavy atom. The number of methoxy groups -OCH3 is 1. The first-order chi connectivity index (χ1) is 10.1. The average Bonchev–Trinajstić information content (AvgIpc) is 2.54. The second-order valence-corrected chi connectivity index (χ2v) is 5.29. The molecule has 0 spiro atoms. The maximum Gasteiger partial charge on any atom is 0.161 e. The molecule has 1 heterocycles. The molecule has 1 atom stereocenters. The highest BCUT2D eigenvalue weighted by molar-refractivity contribution is 5.48. The van der Waals surface area contributed by atoms with Gasteiger partial charge in [-0.25, -0.2) is 0 Å². The first kappa shape index (κ1) is 13.8. The van der Waals surface area contributed by atoms with Crippen molar-refractivity contribution in [2.24, 2.45) is 5.73 Å². The lowest BCUT2D eigenvalue weighted by molar-refractivity contribution is 0.171. The normalized spacial score (nSPS) is 16.1. The second kappa shape index (κ2) is 5.30. The molecule has 0 bridgehead atoms. The molecule has 21 heavy (non-hydrogen) atoms. The number of ether oxygens (including phenoxy) is 3. The lowest BCUT2D eigenvalue weighted by atomic mass is 9.85. The van der Waals surface area contributed by atoms with Crippen molar-refractivity contribution in [3.63, 3.8) is 0 Å². The van der Waals surface area contributed by atoms with Gasteiger partial charge in [-0.15, -0.1) is 0 Å². The van der Waals surface area contributed by atoms with Gasteiger partial charge >= 0.3 is 0 Å². The minimum absolute atomic E-state index is 0.570. The van der Waals surface area contributed by atoms with E-state index >= 15 is 0 Å². The Hall–Kier alpha value is -2.20. The lowest BCUT2D eigenvalue weighted by Crippen LogP contribution is -2.34. The van der Waals surface area contributed by atoms with Crippen molar-refractivity contribution in [3.8, 4) is 17.2 Å². The van der Waals surface area contributed by atoms with Gasteiger partial charge in [-0.1, -0.05) is 18.2 Å². The Labute approximate surface area is 124 Å². The molecule has 2 aromatic rings. The molecule has 2 N–H and O–H groups in total. The quantitative estimate of drug-likeness (QED) is 0.942. The molecule has 1 aliphatic rings. The van der Waals surface area contributed by atoms with Crippen LogP contribution in [-0.4, -0.2) is 20.3 Å². The number of hydrogen-bond donors (Lipinski definition) is 1. The molecular formula is C17H19NO3. The van der Waals surface area contributed by atoms with E-state index < -0.39 is 5.54 Å². The monoisotopic (exact) mass is 285 g/mol. The van der Waals surface area contributed by atoms with E-state index in [9.17, 15) is 0 Å². The topological polar surface area (TPSA) is 53.7 Å². The van der Waals surface area contributed by atoms with Crippen molar-refractivity contribution in [1.82, 2.24) is 0 Å². The number of benzene rings is 2. The van der Waals surface area contributed by atoms with Gasteiger partial charge in [0.05, 0.1) is 12.6 Å². The van der Waals surface area contributed by atoms with E-state index in [4.69, 9.17) is 19.9 Å². The van der Waals surface area contributed by atoms with Crippen LogP contribution in [0.2, 0.25) is 0 Å². The van der Waals surface area contributed by atoms with Gasteiger partial charge in [0.25, 0.3) is 0 Å². The highest BCUT2D eigenvalue weighted by atomic mass is 16.6. The predicted molar refractivity (Wildman–Crippen MR) is 81.1 cm³/mol. The van der Waals surface area contributed by atoms with Crippen molar-refractivity contribution in [1.29, 1.82) is 0 Å². The second-order valence-electron chi connectivity index (χ2n) is 5.29. The third-order valence-corrected chi connectivity index (χ3v) is 3.83. The fourth-order valence-electron chi connectivity index (χ4n) is 2.47. The van der Waals surface area contributed by atoms with E-state index in [0.29, 0.717) is 13.2 Å². The third kappa shape index (κ3) is 2.54.